The van der Waals surface area contributed by atoms with Crippen LogP contribution in [0.15, 0.2) is 69.0 Å². The monoisotopic (exact) mass is 716 g/mol. The molecule has 1 aliphatic heterocycles. The summed E-state index contributed by atoms with van der Waals surface area (Å²) in [6.45, 7) is 0.318. The van der Waals surface area contributed by atoms with Crippen molar-refractivity contribution in [1.29, 1.82) is 0 Å². The molecule has 1 fully saturated rings. The zero-order chi connectivity index (χ0) is 26.0. The van der Waals surface area contributed by atoms with Crippen molar-refractivity contribution in [3.8, 4) is 5.75 Å². The summed E-state index contributed by atoms with van der Waals surface area (Å²) >= 11 is 19.1. The Morgan fingerprint density at radius 1 is 1.17 bits per heavy atom. The Morgan fingerprint density at radius 3 is 2.53 bits per heavy atom. The number of nitrogens with zero attached hydrogens (tertiary/aromatic N) is 2. The third kappa shape index (κ3) is 6.25. The van der Waals surface area contributed by atoms with E-state index in [1.54, 1.807) is 37.4 Å². The molecule has 3 aromatic carbocycles. The maximum atomic E-state index is 12.8. The van der Waals surface area contributed by atoms with Crippen LogP contribution in [0, 0.1) is 3.57 Å². The van der Waals surface area contributed by atoms with Crippen LogP contribution in [-0.4, -0.2) is 34.1 Å². The molecule has 184 valence electrons. The topological polar surface area (TPSA) is 79.2 Å². The number of carboxylic acid groups (broad SMARTS) is 1. The number of carboxylic acids is 1. The number of hydrogen-bond acceptors (Lipinski definition) is 5. The molecule has 1 aliphatic rings. The van der Waals surface area contributed by atoms with Gasteiger partial charge in [0.15, 0.2) is 5.17 Å². The maximum absolute atomic E-state index is 12.8. The Balaban J connectivity index is 1.52. The highest BCUT2D eigenvalue weighted by molar-refractivity contribution is 14.1. The number of hydrogen-bond donors (Lipinski definition) is 1. The van der Waals surface area contributed by atoms with Crippen molar-refractivity contribution < 1.29 is 19.4 Å². The minimum absolute atomic E-state index is 0.174. The number of thioether (sulfide) groups is 1. The first-order valence-corrected chi connectivity index (χ1v) is 13.7. The molecule has 0 aliphatic carbocycles. The molecule has 0 atom stereocenters. The van der Waals surface area contributed by atoms with Gasteiger partial charge in [-0.1, -0.05) is 29.3 Å². The van der Waals surface area contributed by atoms with Gasteiger partial charge in [0.05, 0.1) is 34.2 Å². The zero-order valence-electron chi connectivity index (χ0n) is 18.5. The highest BCUT2D eigenvalue weighted by atomic mass is 127. The van der Waals surface area contributed by atoms with Gasteiger partial charge in [-0.25, -0.2) is 9.79 Å². The summed E-state index contributed by atoms with van der Waals surface area (Å²) in [6.07, 6.45) is 1.80. The van der Waals surface area contributed by atoms with Crippen LogP contribution in [0.2, 0.25) is 10.0 Å². The Morgan fingerprint density at radius 2 is 1.89 bits per heavy atom. The summed E-state index contributed by atoms with van der Waals surface area (Å²) in [5.74, 6) is -0.501. The van der Waals surface area contributed by atoms with Gasteiger partial charge in [0.25, 0.3) is 5.91 Å². The number of aromatic carboxylic acids is 1. The van der Waals surface area contributed by atoms with Crippen molar-refractivity contribution in [3.05, 3.63) is 94.3 Å². The van der Waals surface area contributed by atoms with E-state index in [9.17, 15) is 9.59 Å². The van der Waals surface area contributed by atoms with Gasteiger partial charge in [-0.05, 0) is 116 Å². The van der Waals surface area contributed by atoms with E-state index in [0.29, 0.717) is 38.2 Å². The lowest BCUT2D eigenvalue weighted by atomic mass is 10.2. The van der Waals surface area contributed by atoms with Crippen LogP contribution in [0.1, 0.15) is 21.5 Å². The van der Waals surface area contributed by atoms with Crippen LogP contribution in [0.5, 0.6) is 5.75 Å². The summed E-state index contributed by atoms with van der Waals surface area (Å²) in [5.41, 5.74) is 2.44. The normalized spacial score (nSPS) is 15.7. The second-order valence-electron chi connectivity index (χ2n) is 7.57. The standard InChI is InChI=1S/C25H16BrCl2IN2O4S/c1-31-23(32)21(36-25(31)30-16-5-3-15(4-6-16)24(33)34)11-14-8-17(26)22(20(29)10-14)35-12-13-2-7-18(27)19(28)9-13/h2-11H,12H2,1H3,(H,33,34)/b21-11-,30-25?. The summed E-state index contributed by atoms with van der Waals surface area (Å²) < 4.78 is 7.62. The number of ether oxygens (including phenoxy) is 1. The van der Waals surface area contributed by atoms with E-state index in [-0.39, 0.29) is 11.5 Å². The van der Waals surface area contributed by atoms with Crippen LogP contribution >= 0.6 is 73.5 Å². The lowest BCUT2D eigenvalue weighted by Gasteiger charge is -2.12. The van der Waals surface area contributed by atoms with Crippen LogP contribution in [0.3, 0.4) is 0 Å². The molecule has 0 aromatic heterocycles. The molecule has 0 spiro atoms. The lowest BCUT2D eigenvalue weighted by Crippen LogP contribution is -2.23. The van der Waals surface area contributed by atoms with Crippen LogP contribution in [-0.2, 0) is 11.4 Å². The van der Waals surface area contributed by atoms with Crippen molar-refractivity contribution in [3.63, 3.8) is 0 Å². The smallest absolute Gasteiger partial charge is 0.335 e. The van der Waals surface area contributed by atoms with Crippen LogP contribution in [0.4, 0.5) is 5.69 Å². The number of amides is 1. The first kappa shape index (κ1) is 27.0. The first-order valence-electron chi connectivity index (χ1n) is 10.3. The third-order valence-electron chi connectivity index (χ3n) is 5.03. The quantitative estimate of drug-likeness (QED) is 0.208. The second kappa shape index (κ2) is 11.6. The summed E-state index contributed by atoms with van der Waals surface area (Å²) in [7, 11) is 1.65. The molecule has 1 amide bonds. The molecule has 4 rings (SSSR count). The molecule has 0 bridgehead atoms. The van der Waals surface area contributed by atoms with E-state index in [4.69, 9.17) is 33.0 Å². The molecule has 0 unspecified atom stereocenters. The zero-order valence-corrected chi connectivity index (χ0v) is 24.5. The van der Waals surface area contributed by atoms with Gasteiger partial charge < -0.3 is 9.84 Å². The van der Waals surface area contributed by atoms with E-state index in [0.717, 1.165) is 19.2 Å². The summed E-state index contributed by atoms with van der Waals surface area (Å²) in [6, 6.07) is 15.3. The number of halogens is 4. The fourth-order valence-corrected chi connectivity index (χ4v) is 6.25. The fourth-order valence-electron chi connectivity index (χ4n) is 3.18. The Hall–Kier alpha value is -2.05. The van der Waals surface area contributed by atoms with Gasteiger partial charge in [0, 0.05) is 7.05 Å². The van der Waals surface area contributed by atoms with E-state index in [1.165, 1.54) is 28.8 Å². The SMILES string of the molecule is CN1C(=O)/C(=C/c2cc(Br)c(OCc3ccc(Cl)c(Cl)c3)c(I)c2)SC1=Nc1ccc(C(=O)O)cc1. The van der Waals surface area contributed by atoms with Gasteiger partial charge in [-0.2, -0.15) is 0 Å². The average molecular weight is 718 g/mol. The molecule has 1 heterocycles. The first-order chi connectivity index (χ1) is 17.1. The fraction of sp³-hybridized carbons (Fsp3) is 0.0800. The van der Waals surface area contributed by atoms with E-state index in [2.05, 4.69) is 43.5 Å². The van der Waals surface area contributed by atoms with Crippen molar-refractivity contribution >= 4 is 102 Å². The number of carbonyl (C=O) groups is 2. The molecule has 0 radical (unpaired) electrons. The minimum atomic E-state index is -1.01. The van der Waals surface area contributed by atoms with Crippen molar-refractivity contribution in [1.82, 2.24) is 4.90 Å². The number of likely N-dealkylation sites (N-methyl/N-ethyl adjacent to an activating group) is 1. The lowest BCUT2D eigenvalue weighted by molar-refractivity contribution is -0.121. The summed E-state index contributed by atoms with van der Waals surface area (Å²) in [4.78, 5) is 30.3. The largest absolute Gasteiger partial charge is 0.487 e. The number of carbonyl (C=O) groups excluding carboxylic acids is 1. The number of amidine groups is 1. The molecule has 1 N–H and O–H groups in total. The molecular weight excluding hydrogens is 702 g/mol. The molecule has 0 saturated carbocycles. The second-order valence-corrected chi connectivity index (χ2v) is 11.4. The van der Waals surface area contributed by atoms with Gasteiger partial charge >= 0.3 is 5.97 Å². The van der Waals surface area contributed by atoms with Gasteiger partial charge in [0.1, 0.15) is 12.4 Å². The van der Waals surface area contributed by atoms with E-state index >= 15 is 0 Å². The molecule has 6 nitrogen and oxygen atoms in total. The number of benzene rings is 3. The van der Waals surface area contributed by atoms with E-state index in [1.807, 2.05) is 18.2 Å². The molecule has 1 saturated heterocycles. The highest BCUT2D eigenvalue weighted by Gasteiger charge is 2.30. The maximum Gasteiger partial charge on any atom is 0.335 e. The number of rotatable bonds is 6. The molecule has 3 aromatic rings. The van der Waals surface area contributed by atoms with Crippen molar-refractivity contribution in [2.45, 2.75) is 6.61 Å². The average Bonchev–Trinajstić information content (AvgIpc) is 3.08. The van der Waals surface area contributed by atoms with Crippen LogP contribution < -0.4 is 4.74 Å². The van der Waals surface area contributed by atoms with Crippen molar-refractivity contribution in [2.24, 2.45) is 4.99 Å². The van der Waals surface area contributed by atoms with Gasteiger partial charge in [-0.15, -0.1) is 0 Å². The summed E-state index contributed by atoms with van der Waals surface area (Å²) in [5, 5.41) is 10.5. The number of aliphatic imine (C=N–C) groups is 1. The van der Waals surface area contributed by atoms with Crippen molar-refractivity contribution in [2.75, 3.05) is 7.05 Å². The Bertz CT molecular complexity index is 1410. The minimum Gasteiger partial charge on any atom is -0.487 e. The molecule has 11 heteroatoms. The van der Waals surface area contributed by atoms with Crippen LogP contribution in [0.25, 0.3) is 6.08 Å². The predicted molar refractivity (Wildman–Crippen MR) is 156 cm³/mol. The third-order valence-corrected chi connectivity index (χ3v) is 8.22. The highest BCUT2D eigenvalue weighted by Crippen LogP contribution is 2.37. The molecular formula is C25H16BrCl2IN2O4S. The predicted octanol–water partition coefficient (Wildman–Crippen LogP) is 7.87. The molecule has 36 heavy (non-hydrogen) atoms. The Kier molecular flexibility index (Phi) is 8.67. The van der Waals surface area contributed by atoms with Gasteiger partial charge in [-0.3, -0.25) is 9.69 Å². The van der Waals surface area contributed by atoms with E-state index < -0.39 is 5.97 Å². The Labute approximate surface area is 243 Å². The van der Waals surface area contributed by atoms with Gasteiger partial charge in [0.2, 0.25) is 0 Å².